The minimum absolute atomic E-state index is 0. The number of hydrogen-bond acceptors (Lipinski definition) is 12. The van der Waals surface area contributed by atoms with Gasteiger partial charge in [0.25, 0.3) is 0 Å². The first kappa shape index (κ1) is 32.2. The van der Waals surface area contributed by atoms with E-state index >= 15 is 0 Å². The van der Waals surface area contributed by atoms with Gasteiger partial charge in [-0.15, -0.1) is 0 Å². The summed E-state index contributed by atoms with van der Waals surface area (Å²) >= 11 is -4.87. The smallest absolute Gasteiger partial charge is 1.00 e. The molecule has 0 heterocycles. The quantitative estimate of drug-likeness (QED) is 0.261. The van der Waals surface area contributed by atoms with Crippen molar-refractivity contribution in [1.82, 2.24) is 0 Å². The Hall–Kier alpha value is 2.55. The zero-order chi connectivity index (χ0) is 15.2. The maximum Gasteiger partial charge on any atom is 1.00 e. The van der Waals surface area contributed by atoms with Gasteiger partial charge in [-0.05, 0) is 0 Å². The molecule has 12 nitrogen and oxygen atoms in total. The fourth-order valence-corrected chi connectivity index (χ4v) is 2.49. The molecular formula is C6K3O12Sb. The Balaban J connectivity index is -0.000000540. The summed E-state index contributed by atoms with van der Waals surface area (Å²) in [6, 6.07) is 0. The van der Waals surface area contributed by atoms with Gasteiger partial charge in [-0.2, -0.15) is 0 Å². The van der Waals surface area contributed by atoms with Crippen LogP contribution in [0.3, 0.4) is 0 Å². The van der Waals surface area contributed by atoms with E-state index in [1.807, 2.05) is 0 Å². The van der Waals surface area contributed by atoms with Crippen molar-refractivity contribution in [3.05, 3.63) is 0 Å². The maximum absolute atomic E-state index is 10.5. The monoisotopic (exact) mass is 502 g/mol. The van der Waals surface area contributed by atoms with Gasteiger partial charge < -0.3 is 0 Å². The van der Waals surface area contributed by atoms with Gasteiger partial charge in [-0.1, -0.05) is 0 Å². The van der Waals surface area contributed by atoms with E-state index in [0.717, 1.165) is 0 Å². The first-order valence-corrected chi connectivity index (χ1v) is 6.87. The van der Waals surface area contributed by atoms with Crippen molar-refractivity contribution in [2.75, 3.05) is 0 Å². The molecule has 0 fully saturated rings. The first-order valence-electron chi connectivity index (χ1n) is 3.75. The van der Waals surface area contributed by atoms with Crippen molar-refractivity contribution >= 4 is 57.3 Å². The number of carboxylic acid groups (broad SMARTS) is 3. The molecule has 0 saturated carbocycles. The molecule has 16 heteroatoms. The van der Waals surface area contributed by atoms with Crippen LogP contribution in [0.2, 0.25) is 0 Å². The molecule has 0 rings (SSSR count). The summed E-state index contributed by atoms with van der Waals surface area (Å²) in [6.07, 6.45) is 0. The predicted octanol–water partition coefficient (Wildman–Crippen LogP) is -16.1. The van der Waals surface area contributed by atoms with Crippen molar-refractivity contribution < 1.29 is 207 Å². The van der Waals surface area contributed by atoms with Gasteiger partial charge in [-0.3, -0.25) is 0 Å². The second-order valence-electron chi connectivity index (χ2n) is 2.22. The fourth-order valence-electron chi connectivity index (χ4n) is 0.371. The van der Waals surface area contributed by atoms with Gasteiger partial charge in [0.05, 0.1) is 0 Å². The molecule has 22 heavy (non-hydrogen) atoms. The molecule has 0 atom stereocenters. The molecule has 0 aromatic carbocycles. The van der Waals surface area contributed by atoms with E-state index in [4.69, 9.17) is 0 Å². The zero-order valence-corrected chi connectivity index (χ0v) is 23.3. The maximum atomic E-state index is 10.5. The minimum Gasteiger partial charge on any atom is 1.00 e. The summed E-state index contributed by atoms with van der Waals surface area (Å²) in [6.45, 7) is 0. The summed E-state index contributed by atoms with van der Waals surface area (Å²) in [5, 5.41) is 29.9. The van der Waals surface area contributed by atoms with E-state index in [1.54, 1.807) is 0 Å². The fraction of sp³-hybridized carbons (Fsp3) is 0. The number of aliphatic carboxylic acids is 3. The van der Waals surface area contributed by atoms with Crippen LogP contribution >= 0.6 is 0 Å². The molecule has 0 unspecified atom stereocenters. The molecule has 104 valence electrons. The molecule has 0 amide bonds. The summed E-state index contributed by atoms with van der Waals surface area (Å²) in [4.78, 5) is 61.5. The van der Waals surface area contributed by atoms with Gasteiger partial charge in [0.1, 0.15) is 0 Å². The third kappa shape index (κ3) is 14.9. The number of hydrogen-bond donors (Lipinski definition) is 0. The third-order valence-electron chi connectivity index (χ3n) is 0.972. The predicted molar refractivity (Wildman–Crippen MR) is 39.1 cm³/mol. The molecule has 0 aromatic rings. The Bertz CT molecular complexity index is 397. The Morgan fingerprint density at radius 2 is 0.727 bits per heavy atom. The van der Waals surface area contributed by atoms with Gasteiger partial charge in [0, 0.05) is 0 Å². The molecule has 0 aliphatic rings. The second kappa shape index (κ2) is 17.0. The Labute approximate surface area is 257 Å². The second-order valence-corrected chi connectivity index (χ2v) is 5.06. The summed E-state index contributed by atoms with van der Waals surface area (Å²) < 4.78 is 11.3. The van der Waals surface area contributed by atoms with Gasteiger partial charge in [-0.25, -0.2) is 0 Å². The zero-order valence-electron chi connectivity index (χ0n) is 11.3. The molecule has 0 radical (unpaired) electrons. The Morgan fingerprint density at radius 1 is 0.545 bits per heavy atom. The third-order valence-corrected chi connectivity index (χ3v) is 3.67. The minimum atomic E-state index is -4.87. The van der Waals surface area contributed by atoms with Crippen molar-refractivity contribution in [3.8, 4) is 0 Å². The van der Waals surface area contributed by atoms with Crippen LogP contribution in [0.1, 0.15) is 0 Å². The van der Waals surface area contributed by atoms with Crippen molar-refractivity contribution in [3.63, 3.8) is 0 Å². The van der Waals surface area contributed by atoms with Crippen LogP contribution in [0.5, 0.6) is 0 Å². The summed E-state index contributed by atoms with van der Waals surface area (Å²) in [5.74, 6) is -13.7. The molecule has 0 aromatic heterocycles. The van der Waals surface area contributed by atoms with Crippen LogP contribution < -0.4 is 169 Å². The van der Waals surface area contributed by atoms with Gasteiger partial charge in [0.2, 0.25) is 0 Å². The van der Waals surface area contributed by atoms with E-state index in [9.17, 15) is 44.1 Å². The molecule has 0 spiro atoms. The largest absolute Gasteiger partial charge is 1.00 e. The van der Waals surface area contributed by atoms with Crippen LogP contribution in [-0.2, 0) is 37.8 Å². The Kier molecular flexibility index (Phi) is 24.9. The average Bonchev–Trinajstić information content (AvgIpc) is 2.27. The number of carbonyl (C=O) groups excluding carboxylic acids is 6. The van der Waals surface area contributed by atoms with E-state index < -0.39 is 57.3 Å². The van der Waals surface area contributed by atoms with Crippen LogP contribution in [0, 0.1) is 0 Å². The number of carbonyl (C=O) groups is 6. The van der Waals surface area contributed by atoms with Crippen molar-refractivity contribution in [2.24, 2.45) is 0 Å². The van der Waals surface area contributed by atoms with E-state index in [1.165, 1.54) is 0 Å². The van der Waals surface area contributed by atoms with E-state index in [0.29, 0.717) is 0 Å². The van der Waals surface area contributed by atoms with Crippen LogP contribution in [0.15, 0.2) is 0 Å². The topological polar surface area (TPSA) is 199 Å². The Morgan fingerprint density at radius 3 is 0.864 bits per heavy atom. The van der Waals surface area contributed by atoms with Crippen LogP contribution in [0.25, 0.3) is 0 Å². The molecular weight excluding hydrogens is 503 g/mol. The number of rotatable bonds is 3. The average molecular weight is 503 g/mol. The normalized spacial score (nSPS) is 8.05. The summed E-state index contributed by atoms with van der Waals surface area (Å²) in [7, 11) is 0. The molecule has 0 bridgehead atoms. The van der Waals surface area contributed by atoms with Gasteiger partial charge in [0.15, 0.2) is 0 Å². The molecule has 0 aliphatic heterocycles. The van der Waals surface area contributed by atoms with Crippen molar-refractivity contribution in [1.29, 1.82) is 0 Å². The van der Waals surface area contributed by atoms with E-state index in [2.05, 4.69) is 9.05 Å². The SMILES string of the molecule is O=C([O-])C(=O)[O][Sb]([O]C(=O)C(=O)[O-])[O]C(=O)C(=O)[O-].[K+].[K+].[K+]. The van der Waals surface area contributed by atoms with E-state index in [-0.39, 0.29) is 154 Å². The molecule has 0 N–H and O–H groups in total. The first-order chi connectivity index (χ1) is 8.65. The summed E-state index contributed by atoms with van der Waals surface area (Å²) in [5.41, 5.74) is 0. The van der Waals surface area contributed by atoms with Gasteiger partial charge >= 0.3 is 265 Å². The molecule has 0 aliphatic carbocycles. The van der Waals surface area contributed by atoms with Crippen molar-refractivity contribution in [2.45, 2.75) is 0 Å². The standard InChI is InChI=1S/3C2H2O4.3K.Sb/c3*3-1(4)2(5)6;;;;/h3*(H,3,4)(H,5,6);;;;/q;;;3*+1;+3/p-6. The van der Waals surface area contributed by atoms with Crippen LogP contribution in [-0.4, -0.2) is 57.3 Å². The van der Waals surface area contributed by atoms with Crippen LogP contribution in [0.4, 0.5) is 0 Å². The molecule has 0 saturated heterocycles. The number of carboxylic acids is 3.